The van der Waals surface area contributed by atoms with Crippen LogP contribution in [0.15, 0.2) is 41.5 Å². The van der Waals surface area contributed by atoms with Crippen LogP contribution in [-0.2, 0) is 9.53 Å². The van der Waals surface area contributed by atoms with Gasteiger partial charge >= 0.3 is 5.97 Å². The van der Waals surface area contributed by atoms with Crippen LogP contribution in [0.4, 0.5) is 5.69 Å². The molecule has 1 saturated heterocycles. The van der Waals surface area contributed by atoms with Crippen molar-refractivity contribution in [2.45, 2.75) is 26.7 Å². The summed E-state index contributed by atoms with van der Waals surface area (Å²) in [6.45, 7) is 6.24. The highest BCUT2D eigenvalue weighted by atomic mass is 127. The maximum Gasteiger partial charge on any atom is 0.344 e. The van der Waals surface area contributed by atoms with Gasteiger partial charge in [0.05, 0.1) is 23.0 Å². The molecular formula is C24H28IN3O5. The summed E-state index contributed by atoms with van der Waals surface area (Å²) in [6, 6.07) is 11.1. The molecule has 0 unspecified atom stereocenters. The standard InChI is InChI=1S/C24H28IN3O5/c1-3-31-21-14-17(13-20(25)23(21)33-16-22(29)32-4-2)15-26-27-24(30)18-7-9-19(10-8-18)28-11-5-6-12-28/h7-10,13-15H,3-6,11-12,16H2,1-2H3,(H,27,30)/b26-15-. The van der Waals surface area contributed by atoms with E-state index in [1.54, 1.807) is 13.0 Å². The van der Waals surface area contributed by atoms with Gasteiger partial charge in [-0.2, -0.15) is 5.10 Å². The van der Waals surface area contributed by atoms with Gasteiger partial charge in [-0.15, -0.1) is 0 Å². The molecule has 0 spiro atoms. The van der Waals surface area contributed by atoms with Crippen molar-refractivity contribution < 1.29 is 23.8 Å². The topological polar surface area (TPSA) is 89.5 Å². The lowest BCUT2D eigenvalue weighted by Gasteiger charge is -2.17. The van der Waals surface area contributed by atoms with Crippen molar-refractivity contribution in [1.82, 2.24) is 5.43 Å². The third-order valence-corrected chi connectivity index (χ3v) is 5.75. The monoisotopic (exact) mass is 565 g/mol. The van der Waals surface area contributed by atoms with E-state index in [9.17, 15) is 9.59 Å². The lowest BCUT2D eigenvalue weighted by Crippen LogP contribution is -2.19. The number of carbonyl (C=O) groups is 2. The molecule has 0 atom stereocenters. The number of rotatable bonds is 10. The van der Waals surface area contributed by atoms with Gasteiger partial charge in [0.1, 0.15) is 0 Å². The normalized spacial score (nSPS) is 13.2. The lowest BCUT2D eigenvalue weighted by molar-refractivity contribution is -0.145. The highest BCUT2D eigenvalue weighted by Gasteiger charge is 2.15. The van der Waals surface area contributed by atoms with Gasteiger partial charge in [0, 0.05) is 24.3 Å². The Hall–Kier alpha value is -2.82. The van der Waals surface area contributed by atoms with E-state index in [-0.39, 0.29) is 12.5 Å². The van der Waals surface area contributed by atoms with Crippen LogP contribution in [0.5, 0.6) is 11.5 Å². The molecule has 3 rings (SSSR count). The van der Waals surface area contributed by atoms with E-state index >= 15 is 0 Å². The molecule has 0 aliphatic carbocycles. The smallest absolute Gasteiger partial charge is 0.344 e. The summed E-state index contributed by atoms with van der Waals surface area (Å²) in [5.74, 6) is 0.217. The molecule has 1 aliphatic rings. The van der Waals surface area contributed by atoms with Crippen molar-refractivity contribution in [1.29, 1.82) is 0 Å². The fraction of sp³-hybridized carbons (Fsp3) is 0.375. The van der Waals surface area contributed by atoms with E-state index in [1.165, 1.54) is 19.1 Å². The average molecular weight is 565 g/mol. The number of halogens is 1. The molecule has 176 valence electrons. The van der Waals surface area contributed by atoms with Crippen molar-refractivity contribution in [3.63, 3.8) is 0 Å². The first-order chi connectivity index (χ1) is 16.0. The number of ether oxygens (including phenoxy) is 3. The average Bonchev–Trinajstić information content (AvgIpc) is 3.34. The van der Waals surface area contributed by atoms with Crippen LogP contribution < -0.4 is 19.8 Å². The molecule has 8 nitrogen and oxygen atoms in total. The second-order valence-corrected chi connectivity index (χ2v) is 8.46. The number of hydrogen-bond donors (Lipinski definition) is 1. The summed E-state index contributed by atoms with van der Waals surface area (Å²) < 4.78 is 16.9. The highest BCUT2D eigenvalue weighted by Crippen LogP contribution is 2.34. The number of nitrogens with one attached hydrogen (secondary N) is 1. The third kappa shape index (κ3) is 7.08. The van der Waals surface area contributed by atoms with Gasteiger partial charge in [0.15, 0.2) is 18.1 Å². The zero-order valence-corrected chi connectivity index (χ0v) is 21.0. The first-order valence-electron chi connectivity index (χ1n) is 10.9. The summed E-state index contributed by atoms with van der Waals surface area (Å²) in [5, 5.41) is 4.08. The first kappa shape index (κ1) is 24.8. The zero-order valence-electron chi connectivity index (χ0n) is 18.8. The second kappa shape index (κ2) is 12.4. The Balaban J connectivity index is 1.63. The number of nitrogens with zero attached hydrogens (tertiary/aromatic N) is 2. The van der Waals surface area contributed by atoms with Crippen LogP contribution >= 0.6 is 22.6 Å². The maximum atomic E-state index is 12.4. The summed E-state index contributed by atoms with van der Waals surface area (Å²) in [7, 11) is 0. The first-order valence-corrected chi connectivity index (χ1v) is 12.0. The summed E-state index contributed by atoms with van der Waals surface area (Å²) >= 11 is 2.10. The molecule has 0 bridgehead atoms. The van der Waals surface area contributed by atoms with Gasteiger partial charge < -0.3 is 19.1 Å². The summed E-state index contributed by atoms with van der Waals surface area (Å²) in [4.78, 5) is 26.4. The van der Waals surface area contributed by atoms with Gasteiger partial charge in [-0.3, -0.25) is 4.79 Å². The van der Waals surface area contributed by atoms with Gasteiger partial charge in [-0.1, -0.05) is 0 Å². The molecule has 0 saturated carbocycles. The minimum Gasteiger partial charge on any atom is -0.490 e. The van der Waals surface area contributed by atoms with Crippen molar-refractivity contribution in [3.8, 4) is 11.5 Å². The molecule has 1 N–H and O–H groups in total. The molecule has 2 aromatic carbocycles. The van der Waals surface area contributed by atoms with E-state index in [0.717, 1.165) is 27.9 Å². The molecule has 1 aliphatic heterocycles. The maximum absolute atomic E-state index is 12.4. The van der Waals surface area contributed by atoms with Gasteiger partial charge in [0.25, 0.3) is 5.91 Å². The van der Waals surface area contributed by atoms with Crippen LogP contribution in [0.3, 0.4) is 0 Å². The van der Waals surface area contributed by atoms with Crippen LogP contribution in [0.1, 0.15) is 42.6 Å². The van der Waals surface area contributed by atoms with E-state index in [4.69, 9.17) is 14.2 Å². The lowest BCUT2D eigenvalue weighted by atomic mass is 10.2. The highest BCUT2D eigenvalue weighted by molar-refractivity contribution is 14.1. The Morgan fingerprint density at radius 3 is 2.48 bits per heavy atom. The van der Waals surface area contributed by atoms with E-state index < -0.39 is 5.97 Å². The number of anilines is 1. The minimum absolute atomic E-state index is 0.204. The SMILES string of the molecule is CCOC(=O)COc1c(I)cc(/C=N\NC(=O)c2ccc(N3CCCC3)cc2)cc1OCC. The fourth-order valence-corrected chi connectivity index (χ4v) is 4.21. The summed E-state index contributed by atoms with van der Waals surface area (Å²) in [5.41, 5.74) is 4.95. The second-order valence-electron chi connectivity index (χ2n) is 7.30. The van der Waals surface area contributed by atoms with Crippen molar-refractivity contribution in [2.75, 3.05) is 37.8 Å². The van der Waals surface area contributed by atoms with Crippen LogP contribution in [0.25, 0.3) is 0 Å². The number of hydrazone groups is 1. The van der Waals surface area contributed by atoms with Gasteiger partial charge in [-0.05, 0) is 91.2 Å². The number of carbonyl (C=O) groups excluding carboxylic acids is 2. The molecule has 1 amide bonds. The van der Waals surface area contributed by atoms with Crippen molar-refractivity contribution >= 4 is 46.4 Å². The number of hydrogen-bond acceptors (Lipinski definition) is 7. The Bertz CT molecular complexity index is 988. The van der Waals surface area contributed by atoms with Crippen LogP contribution in [-0.4, -0.2) is 51.0 Å². The molecule has 1 heterocycles. The Morgan fingerprint density at radius 2 is 1.82 bits per heavy atom. The van der Waals surface area contributed by atoms with Gasteiger partial charge in [0.2, 0.25) is 0 Å². The van der Waals surface area contributed by atoms with Gasteiger partial charge in [-0.25, -0.2) is 10.2 Å². The largest absolute Gasteiger partial charge is 0.490 e. The van der Waals surface area contributed by atoms with Crippen molar-refractivity contribution in [2.24, 2.45) is 5.10 Å². The summed E-state index contributed by atoms with van der Waals surface area (Å²) in [6.07, 6.45) is 3.95. The third-order valence-electron chi connectivity index (χ3n) is 4.95. The van der Waals surface area contributed by atoms with E-state index in [2.05, 4.69) is 38.0 Å². The molecule has 9 heteroatoms. The molecule has 0 aromatic heterocycles. The van der Waals surface area contributed by atoms with Crippen LogP contribution in [0.2, 0.25) is 0 Å². The predicted molar refractivity (Wildman–Crippen MR) is 135 cm³/mol. The van der Waals surface area contributed by atoms with Crippen molar-refractivity contribution in [3.05, 3.63) is 51.1 Å². The number of amides is 1. The van der Waals surface area contributed by atoms with E-state index in [1.807, 2.05) is 37.3 Å². The quantitative estimate of drug-likeness (QED) is 0.203. The molecule has 2 aromatic rings. The number of esters is 1. The molecule has 1 fully saturated rings. The molecular weight excluding hydrogens is 537 g/mol. The predicted octanol–water partition coefficient (Wildman–Crippen LogP) is 4.00. The fourth-order valence-electron chi connectivity index (χ4n) is 3.43. The zero-order chi connectivity index (χ0) is 23.6. The molecule has 33 heavy (non-hydrogen) atoms. The Morgan fingerprint density at radius 1 is 1.09 bits per heavy atom. The number of benzene rings is 2. The molecule has 0 radical (unpaired) electrons. The Labute approximate surface area is 207 Å². The van der Waals surface area contributed by atoms with Crippen LogP contribution in [0, 0.1) is 3.57 Å². The minimum atomic E-state index is -0.447. The Kier molecular flexibility index (Phi) is 9.35. The van der Waals surface area contributed by atoms with E-state index in [0.29, 0.717) is 30.3 Å².